The zero-order chi connectivity index (χ0) is 15.6. The Hall–Kier alpha value is -0.950. The summed E-state index contributed by atoms with van der Waals surface area (Å²) in [5.74, 6) is 0.787. The Balaban J connectivity index is 2.25. The highest BCUT2D eigenvalue weighted by molar-refractivity contribution is 9.10. The molecule has 0 fully saturated rings. The van der Waals surface area contributed by atoms with Crippen LogP contribution in [0.1, 0.15) is 26.6 Å². The van der Waals surface area contributed by atoms with E-state index in [9.17, 15) is 0 Å². The molecule has 1 heterocycles. The molecule has 0 radical (unpaired) electrons. The second kappa shape index (κ2) is 6.44. The first-order valence-electron chi connectivity index (χ1n) is 6.49. The molecule has 1 atom stereocenters. The number of nitrogens with two attached hydrogens (primary N) is 1. The molecule has 0 aliphatic rings. The Labute approximate surface area is 136 Å². The molecule has 114 valence electrons. The van der Waals surface area contributed by atoms with Crippen LogP contribution >= 0.6 is 27.5 Å². The molecule has 2 aromatic rings. The molecule has 1 aromatic carbocycles. The maximum atomic E-state index is 6.20. The van der Waals surface area contributed by atoms with Gasteiger partial charge in [-0.1, -0.05) is 16.8 Å². The van der Waals surface area contributed by atoms with Crippen LogP contribution in [0.15, 0.2) is 27.2 Å². The van der Waals surface area contributed by atoms with Crippen molar-refractivity contribution in [2.75, 3.05) is 6.61 Å². The summed E-state index contributed by atoms with van der Waals surface area (Å²) in [6.07, 6.45) is 0.0876. The summed E-state index contributed by atoms with van der Waals surface area (Å²) < 4.78 is 11.6. The first-order valence-corrected chi connectivity index (χ1v) is 7.67. The highest BCUT2D eigenvalue weighted by atomic mass is 79.9. The maximum absolute atomic E-state index is 6.20. The maximum Gasteiger partial charge on any atom is 0.259 e. The summed E-state index contributed by atoms with van der Waals surface area (Å²) in [6, 6.07) is 5.33. The van der Waals surface area contributed by atoms with Crippen molar-refractivity contribution in [3.63, 3.8) is 0 Å². The summed E-state index contributed by atoms with van der Waals surface area (Å²) in [5.41, 5.74) is 6.15. The van der Waals surface area contributed by atoms with E-state index in [1.165, 1.54) is 0 Å². The zero-order valence-corrected chi connectivity index (χ0v) is 14.4. The van der Waals surface area contributed by atoms with Gasteiger partial charge in [0.15, 0.2) is 5.82 Å². The fourth-order valence-electron chi connectivity index (χ4n) is 1.63. The van der Waals surface area contributed by atoms with Gasteiger partial charge in [0.25, 0.3) is 5.89 Å². The molecule has 0 amide bonds. The Kier molecular flexibility index (Phi) is 5.03. The Morgan fingerprint density at radius 1 is 1.48 bits per heavy atom. The normalized spacial score (nSPS) is 14.4. The van der Waals surface area contributed by atoms with Crippen molar-refractivity contribution in [3.05, 3.63) is 33.5 Å². The molecule has 1 unspecified atom stereocenters. The lowest BCUT2D eigenvalue weighted by Gasteiger charge is -2.21. The van der Waals surface area contributed by atoms with Crippen LogP contribution in [0.5, 0.6) is 0 Å². The van der Waals surface area contributed by atoms with Crippen LogP contribution in [0.3, 0.4) is 0 Å². The number of halogens is 2. The Morgan fingerprint density at radius 2 is 2.19 bits per heavy atom. The summed E-state index contributed by atoms with van der Waals surface area (Å²) >= 11 is 9.35. The molecule has 0 saturated carbocycles. The zero-order valence-electron chi connectivity index (χ0n) is 12.1. The molecular weight excluding hydrogens is 358 g/mol. The Morgan fingerprint density at radius 3 is 2.81 bits per heavy atom. The number of hydrogen-bond acceptors (Lipinski definition) is 5. The highest BCUT2D eigenvalue weighted by Crippen LogP contribution is 2.30. The van der Waals surface area contributed by atoms with Crippen LogP contribution in [-0.2, 0) is 10.3 Å². The minimum atomic E-state index is -0.815. The van der Waals surface area contributed by atoms with E-state index in [4.69, 9.17) is 26.6 Å². The average Bonchev–Trinajstić information content (AvgIpc) is 2.86. The fourth-order valence-corrected chi connectivity index (χ4v) is 2.48. The predicted octanol–water partition coefficient (Wildman–Crippen LogP) is 3.75. The fraction of sp³-hybridized carbons (Fsp3) is 0.429. The van der Waals surface area contributed by atoms with Crippen LogP contribution in [-0.4, -0.2) is 22.9 Å². The van der Waals surface area contributed by atoms with Gasteiger partial charge in [0.2, 0.25) is 0 Å². The van der Waals surface area contributed by atoms with Crippen LogP contribution in [0, 0.1) is 0 Å². The van der Waals surface area contributed by atoms with Gasteiger partial charge in [0, 0.05) is 9.50 Å². The second-order valence-corrected chi connectivity index (χ2v) is 6.62. The van der Waals surface area contributed by atoms with Gasteiger partial charge in [0.1, 0.15) is 5.54 Å². The monoisotopic (exact) mass is 373 g/mol. The summed E-state index contributed by atoms with van der Waals surface area (Å²) in [5, 5.41) is 4.59. The molecule has 2 rings (SSSR count). The molecule has 2 N–H and O–H groups in total. The van der Waals surface area contributed by atoms with Crippen LogP contribution in [0.2, 0.25) is 5.02 Å². The third-order valence-electron chi connectivity index (χ3n) is 2.81. The van der Waals surface area contributed by atoms with Gasteiger partial charge < -0.3 is 15.0 Å². The molecule has 5 nitrogen and oxygen atoms in total. The molecule has 1 aromatic heterocycles. The third-order valence-corrected chi connectivity index (χ3v) is 3.71. The molecule has 21 heavy (non-hydrogen) atoms. The Bertz CT molecular complexity index is 628. The van der Waals surface area contributed by atoms with Crippen molar-refractivity contribution in [2.24, 2.45) is 5.73 Å². The lowest BCUT2D eigenvalue weighted by Crippen LogP contribution is -2.40. The minimum absolute atomic E-state index is 0.0876. The first-order chi connectivity index (χ1) is 9.79. The van der Waals surface area contributed by atoms with E-state index >= 15 is 0 Å². The van der Waals surface area contributed by atoms with Crippen molar-refractivity contribution >= 4 is 27.5 Å². The van der Waals surface area contributed by atoms with Gasteiger partial charge in [-0.2, -0.15) is 4.98 Å². The lowest BCUT2D eigenvalue weighted by atomic mass is 10.1. The first kappa shape index (κ1) is 16.4. The van der Waals surface area contributed by atoms with Crippen LogP contribution < -0.4 is 5.73 Å². The van der Waals surface area contributed by atoms with Crippen LogP contribution in [0.25, 0.3) is 11.5 Å². The molecule has 0 saturated heterocycles. The van der Waals surface area contributed by atoms with Gasteiger partial charge in [-0.05, 0) is 54.9 Å². The van der Waals surface area contributed by atoms with E-state index in [0.29, 0.717) is 23.3 Å². The largest absolute Gasteiger partial charge is 0.376 e. The van der Waals surface area contributed by atoms with Gasteiger partial charge >= 0.3 is 0 Å². The molecule has 0 aliphatic heterocycles. The van der Waals surface area contributed by atoms with Crippen molar-refractivity contribution in [1.82, 2.24) is 10.1 Å². The molecule has 0 bridgehead atoms. The van der Waals surface area contributed by atoms with E-state index in [1.807, 2.05) is 19.9 Å². The topological polar surface area (TPSA) is 74.2 Å². The van der Waals surface area contributed by atoms with E-state index in [1.54, 1.807) is 19.1 Å². The molecule has 7 heteroatoms. The van der Waals surface area contributed by atoms with E-state index in [2.05, 4.69) is 26.1 Å². The average molecular weight is 375 g/mol. The quantitative estimate of drug-likeness (QED) is 0.862. The number of benzene rings is 1. The van der Waals surface area contributed by atoms with Gasteiger partial charge in [-0.25, -0.2) is 0 Å². The van der Waals surface area contributed by atoms with Gasteiger partial charge in [-0.15, -0.1) is 0 Å². The van der Waals surface area contributed by atoms with Gasteiger partial charge in [0.05, 0.1) is 18.3 Å². The molecule has 0 aliphatic carbocycles. The summed E-state index contributed by atoms with van der Waals surface area (Å²) in [7, 11) is 0. The lowest BCUT2D eigenvalue weighted by molar-refractivity contribution is 0.0410. The second-order valence-electron chi connectivity index (χ2n) is 5.32. The standard InChI is InChI=1S/C14H17BrClN3O2/c1-8(2)20-7-14(3,17)13-18-12(21-19-13)10-5-4-9(16)6-11(10)15/h4-6,8H,7,17H2,1-3H3. The number of aromatic nitrogens is 2. The number of hydrogen-bond donors (Lipinski definition) is 1. The van der Waals surface area contributed by atoms with Crippen molar-refractivity contribution in [2.45, 2.75) is 32.4 Å². The number of rotatable bonds is 5. The van der Waals surface area contributed by atoms with Gasteiger partial charge in [-0.3, -0.25) is 0 Å². The van der Waals surface area contributed by atoms with Crippen LogP contribution in [0.4, 0.5) is 0 Å². The van der Waals surface area contributed by atoms with E-state index in [0.717, 1.165) is 10.0 Å². The van der Waals surface area contributed by atoms with Crippen molar-refractivity contribution in [1.29, 1.82) is 0 Å². The predicted molar refractivity (Wildman–Crippen MR) is 85.1 cm³/mol. The summed E-state index contributed by atoms with van der Waals surface area (Å²) in [6.45, 7) is 6.01. The van der Waals surface area contributed by atoms with E-state index < -0.39 is 5.54 Å². The van der Waals surface area contributed by atoms with E-state index in [-0.39, 0.29) is 6.10 Å². The SMILES string of the molecule is CC(C)OCC(C)(N)c1noc(-c2ccc(Cl)cc2Br)n1. The van der Waals surface area contributed by atoms with Crippen molar-refractivity contribution < 1.29 is 9.26 Å². The minimum Gasteiger partial charge on any atom is -0.376 e. The summed E-state index contributed by atoms with van der Waals surface area (Å²) in [4.78, 5) is 4.36. The highest BCUT2D eigenvalue weighted by Gasteiger charge is 2.29. The molecule has 0 spiro atoms. The number of nitrogens with zero attached hydrogens (tertiary/aromatic N) is 2. The third kappa shape index (κ3) is 4.03. The molecular formula is C14H17BrClN3O2. The van der Waals surface area contributed by atoms with Crippen molar-refractivity contribution in [3.8, 4) is 11.5 Å². The smallest absolute Gasteiger partial charge is 0.259 e. The number of ether oxygens (including phenoxy) is 1.